The standard InChI is InChI=1S/C15H14NOS/c1-11(17)16(2)18-14-9-5-3-7-12(14)13-8-4-6-10-15(13)18/h3-10H,1-2H3/q+1. The molecule has 0 saturated carbocycles. The van der Waals surface area contributed by atoms with Gasteiger partial charge in [0.2, 0.25) is 9.40 Å². The smallest absolute Gasteiger partial charge is 0.264 e. The summed E-state index contributed by atoms with van der Waals surface area (Å²) in [7, 11) is 1.61. The van der Waals surface area contributed by atoms with Gasteiger partial charge in [-0.25, -0.2) is 0 Å². The number of rotatable bonds is 1. The van der Waals surface area contributed by atoms with Gasteiger partial charge >= 0.3 is 0 Å². The Hall–Kier alpha value is -1.87. The van der Waals surface area contributed by atoms with Crippen LogP contribution in [-0.4, -0.2) is 13.0 Å². The fourth-order valence-electron chi connectivity index (χ4n) is 2.26. The van der Waals surface area contributed by atoms with E-state index >= 15 is 0 Å². The average molecular weight is 256 g/mol. The van der Waals surface area contributed by atoms with Gasteiger partial charge in [0, 0.05) is 29.8 Å². The first-order chi connectivity index (χ1) is 8.70. The van der Waals surface area contributed by atoms with Crippen molar-refractivity contribution in [2.24, 2.45) is 0 Å². The molecule has 0 aliphatic carbocycles. The highest BCUT2D eigenvalue weighted by atomic mass is 32.2. The minimum atomic E-state index is -0.268. The molecule has 1 heterocycles. The van der Waals surface area contributed by atoms with Crippen LogP contribution >= 0.6 is 10.7 Å². The largest absolute Gasteiger partial charge is 0.271 e. The van der Waals surface area contributed by atoms with Crippen LogP contribution in [0.1, 0.15) is 6.92 Å². The van der Waals surface area contributed by atoms with Crippen LogP contribution in [0.25, 0.3) is 20.2 Å². The number of fused-ring (bicyclic) bond motifs is 3. The van der Waals surface area contributed by atoms with E-state index in [1.54, 1.807) is 6.92 Å². The third-order valence-electron chi connectivity index (χ3n) is 3.20. The van der Waals surface area contributed by atoms with Crippen molar-refractivity contribution in [1.29, 1.82) is 0 Å². The van der Waals surface area contributed by atoms with E-state index in [9.17, 15) is 4.79 Å². The fourth-order valence-corrected chi connectivity index (χ4v) is 4.53. The molecule has 0 radical (unpaired) electrons. The zero-order valence-corrected chi connectivity index (χ0v) is 11.2. The molecule has 2 aromatic carbocycles. The van der Waals surface area contributed by atoms with Gasteiger partial charge in [-0.3, -0.25) is 4.79 Å². The van der Waals surface area contributed by atoms with Gasteiger partial charge in [-0.2, -0.15) is 0 Å². The number of hydrogen-bond donors (Lipinski definition) is 0. The summed E-state index contributed by atoms with van der Waals surface area (Å²) in [6.07, 6.45) is 0. The van der Waals surface area contributed by atoms with E-state index in [-0.39, 0.29) is 16.6 Å². The first-order valence-electron chi connectivity index (χ1n) is 5.87. The minimum absolute atomic E-state index is 0.102. The van der Waals surface area contributed by atoms with Crippen LogP contribution in [0.4, 0.5) is 0 Å². The lowest BCUT2D eigenvalue weighted by Crippen LogP contribution is -2.21. The predicted octanol–water partition coefficient (Wildman–Crippen LogP) is 3.86. The van der Waals surface area contributed by atoms with Crippen molar-refractivity contribution in [3.05, 3.63) is 48.5 Å². The molecule has 0 saturated heterocycles. The second-order valence-electron chi connectivity index (χ2n) is 4.29. The summed E-state index contributed by atoms with van der Waals surface area (Å²) in [4.78, 5) is 11.7. The summed E-state index contributed by atoms with van der Waals surface area (Å²) in [6, 6.07) is 16.7. The predicted molar refractivity (Wildman–Crippen MR) is 78.8 cm³/mol. The third kappa shape index (κ3) is 1.51. The summed E-state index contributed by atoms with van der Waals surface area (Å²) in [5.41, 5.74) is 0. The minimum Gasteiger partial charge on any atom is -0.271 e. The Balaban J connectivity index is 2.49. The Morgan fingerprint density at radius 2 is 1.39 bits per heavy atom. The zero-order valence-electron chi connectivity index (χ0n) is 10.4. The molecule has 0 fully saturated rings. The quantitative estimate of drug-likeness (QED) is 0.605. The van der Waals surface area contributed by atoms with Crippen molar-refractivity contribution >= 4 is 36.7 Å². The zero-order chi connectivity index (χ0) is 12.7. The molecule has 0 bridgehead atoms. The highest BCUT2D eigenvalue weighted by Gasteiger charge is 2.26. The van der Waals surface area contributed by atoms with Gasteiger partial charge in [-0.1, -0.05) is 24.3 Å². The molecule has 18 heavy (non-hydrogen) atoms. The molecular formula is C15H14NOS+. The van der Waals surface area contributed by atoms with Gasteiger partial charge in [0.25, 0.3) is 5.91 Å². The SMILES string of the molecule is CC(=O)N(C)[s+]1c2ccccc2c2ccccc21. The lowest BCUT2D eigenvalue weighted by molar-refractivity contribution is -0.115. The van der Waals surface area contributed by atoms with E-state index in [4.69, 9.17) is 0 Å². The molecule has 1 amide bonds. The van der Waals surface area contributed by atoms with Crippen molar-refractivity contribution < 1.29 is 4.79 Å². The van der Waals surface area contributed by atoms with Crippen molar-refractivity contribution in [3.8, 4) is 0 Å². The normalized spacial score (nSPS) is 11.0. The summed E-state index contributed by atoms with van der Waals surface area (Å²) in [5.74, 6) is 0.102. The number of benzene rings is 2. The fraction of sp³-hybridized carbons (Fsp3) is 0.133. The molecule has 3 rings (SSSR count). The van der Waals surface area contributed by atoms with Crippen LogP contribution in [0.3, 0.4) is 0 Å². The maximum absolute atomic E-state index is 11.7. The number of hydrogen-bond acceptors (Lipinski definition) is 1. The van der Waals surface area contributed by atoms with Gasteiger partial charge in [0.1, 0.15) is 10.7 Å². The number of carbonyl (C=O) groups is 1. The van der Waals surface area contributed by atoms with Crippen LogP contribution < -0.4 is 4.31 Å². The molecule has 0 spiro atoms. The van der Waals surface area contributed by atoms with Gasteiger partial charge in [0.15, 0.2) is 0 Å². The van der Waals surface area contributed by atoms with Crippen LogP contribution in [-0.2, 0) is 4.79 Å². The maximum Gasteiger partial charge on any atom is 0.264 e. The molecule has 90 valence electrons. The molecule has 3 heteroatoms. The van der Waals surface area contributed by atoms with Crippen LogP contribution in [0.15, 0.2) is 48.5 Å². The van der Waals surface area contributed by atoms with E-state index in [0.717, 1.165) is 0 Å². The van der Waals surface area contributed by atoms with Gasteiger partial charge in [-0.15, -0.1) is 4.31 Å². The Kier molecular flexibility index (Phi) is 2.56. The van der Waals surface area contributed by atoms with Gasteiger partial charge in [-0.05, 0) is 12.1 Å². The molecular weight excluding hydrogens is 242 g/mol. The van der Waals surface area contributed by atoms with Crippen molar-refractivity contribution in [2.75, 3.05) is 11.4 Å². The van der Waals surface area contributed by atoms with Crippen molar-refractivity contribution in [3.63, 3.8) is 0 Å². The third-order valence-corrected chi connectivity index (χ3v) is 5.55. The number of amides is 1. The average Bonchev–Trinajstić information content (AvgIpc) is 2.72. The van der Waals surface area contributed by atoms with Crippen LogP contribution in [0.2, 0.25) is 0 Å². The molecule has 0 aliphatic heterocycles. The number of thiophene rings is 1. The van der Waals surface area contributed by atoms with Crippen molar-refractivity contribution in [2.45, 2.75) is 6.92 Å². The lowest BCUT2D eigenvalue weighted by Gasteiger charge is -2.04. The monoisotopic (exact) mass is 256 g/mol. The Bertz CT molecular complexity index is 691. The summed E-state index contributed by atoms with van der Waals surface area (Å²) in [5, 5.41) is 2.51. The summed E-state index contributed by atoms with van der Waals surface area (Å²) >= 11 is 0. The first-order valence-corrected chi connectivity index (χ1v) is 7.05. The van der Waals surface area contributed by atoms with E-state index in [1.165, 1.54) is 20.2 Å². The highest BCUT2D eigenvalue weighted by Crippen LogP contribution is 2.42. The van der Waals surface area contributed by atoms with E-state index in [2.05, 4.69) is 36.4 Å². The molecule has 0 aliphatic rings. The number of carbonyl (C=O) groups excluding carboxylic acids is 1. The second-order valence-corrected chi connectivity index (χ2v) is 6.29. The molecule has 0 atom stereocenters. The van der Waals surface area contributed by atoms with Crippen LogP contribution in [0, 0.1) is 0 Å². The second kappa shape index (κ2) is 4.10. The molecule has 2 nitrogen and oxygen atoms in total. The molecule has 3 aromatic rings. The Morgan fingerprint density at radius 3 is 1.83 bits per heavy atom. The van der Waals surface area contributed by atoms with E-state index < -0.39 is 0 Å². The maximum atomic E-state index is 11.7. The van der Waals surface area contributed by atoms with Gasteiger partial charge in [0.05, 0.1) is 7.05 Å². The summed E-state index contributed by atoms with van der Waals surface area (Å²) < 4.78 is 4.33. The summed E-state index contributed by atoms with van der Waals surface area (Å²) in [6.45, 7) is 1.62. The molecule has 0 unspecified atom stereocenters. The molecule has 0 N–H and O–H groups in total. The highest BCUT2D eigenvalue weighted by molar-refractivity contribution is 7.45. The van der Waals surface area contributed by atoms with E-state index in [0.29, 0.717) is 0 Å². The Morgan fingerprint density at radius 1 is 0.944 bits per heavy atom. The first kappa shape index (κ1) is 11.2. The lowest BCUT2D eigenvalue weighted by atomic mass is 10.2. The van der Waals surface area contributed by atoms with Crippen molar-refractivity contribution in [1.82, 2.24) is 0 Å². The topological polar surface area (TPSA) is 20.3 Å². The van der Waals surface area contributed by atoms with Gasteiger partial charge < -0.3 is 0 Å². The van der Waals surface area contributed by atoms with Crippen LogP contribution in [0.5, 0.6) is 0 Å². The Labute approximate surface area is 109 Å². The molecule has 1 aromatic heterocycles. The number of nitrogens with zero attached hydrogens (tertiary/aromatic N) is 1. The van der Waals surface area contributed by atoms with E-state index in [1.807, 2.05) is 23.5 Å².